The summed E-state index contributed by atoms with van der Waals surface area (Å²) < 4.78 is 5.56. The SMILES string of the molecule is O=C(CC1CCCO1)N1CC[C@@H]2CNC[C@@H]2CC1. The minimum Gasteiger partial charge on any atom is -0.378 e. The molecule has 4 nitrogen and oxygen atoms in total. The zero-order valence-corrected chi connectivity index (χ0v) is 11.1. The second-order valence-corrected chi connectivity index (χ2v) is 5.98. The highest BCUT2D eigenvalue weighted by Gasteiger charge is 2.32. The molecule has 0 saturated carbocycles. The van der Waals surface area contributed by atoms with Gasteiger partial charge >= 0.3 is 0 Å². The quantitative estimate of drug-likeness (QED) is 0.797. The Morgan fingerprint density at radius 2 is 1.89 bits per heavy atom. The Morgan fingerprint density at radius 3 is 2.50 bits per heavy atom. The van der Waals surface area contributed by atoms with Crippen LogP contribution in [0.1, 0.15) is 32.1 Å². The highest BCUT2D eigenvalue weighted by molar-refractivity contribution is 5.76. The zero-order chi connectivity index (χ0) is 12.4. The number of fused-ring (bicyclic) bond motifs is 1. The molecule has 102 valence electrons. The first-order valence-corrected chi connectivity index (χ1v) is 7.43. The number of rotatable bonds is 2. The number of hydrogen-bond acceptors (Lipinski definition) is 3. The number of hydrogen-bond donors (Lipinski definition) is 1. The largest absolute Gasteiger partial charge is 0.378 e. The first kappa shape index (κ1) is 12.4. The van der Waals surface area contributed by atoms with Gasteiger partial charge in [-0.25, -0.2) is 0 Å². The van der Waals surface area contributed by atoms with Crippen LogP contribution in [0, 0.1) is 11.8 Å². The fourth-order valence-corrected chi connectivity index (χ4v) is 3.60. The highest BCUT2D eigenvalue weighted by atomic mass is 16.5. The smallest absolute Gasteiger partial charge is 0.225 e. The number of nitrogens with zero attached hydrogens (tertiary/aromatic N) is 1. The van der Waals surface area contributed by atoms with Gasteiger partial charge in [0.15, 0.2) is 0 Å². The first-order valence-electron chi connectivity index (χ1n) is 7.43. The van der Waals surface area contributed by atoms with Crippen molar-refractivity contribution in [3.05, 3.63) is 0 Å². The van der Waals surface area contributed by atoms with Gasteiger partial charge in [0.05, 0.1) is 12.5 Å². The molecule has 0 aliphatic carbocycles. The average Bonchev–Trinajstić information content (AvgIpc) is 2.98. The van der Waals surface area contributed by atoms with Gasteiger partial charge in [0, 0.05) is 19.7 Å². The Labute approximate surface area is 109 Å². The molecule has 0 spiro atoms. The summed E-state index contributed by atoms with van der Waals surface area (Å²) in [5.41, 5.74) is 0. The molecule has 3 atom stereocenters. The normalized spacial score (nSPS) is 36.4. The molecule has 3 heterocycles. The van der Waals surface area contributed by atoms with E-state index in [1.165, 1.54) is 12.8 Å². The Morgan fingerprint density at radius 1 is 1.17 bits per heavy atom. The first-order chi connectivity index (χ1) is 8.83. The third-order valence-electron chi connectivity index (χ3n) is 4.80. The fraction of sp³-hybridized carbons (Fsp3) is 0.929. The number of amides is 1. The van der Waals surface area contributed by atoms with Crippen molar-refractivity contribution in [1.29, 1.82) is 0 Å². The van der Waals surface area contributed by atoms with Gasteiger partial charge in [0.1, 0.15) is 0 Å². The van der Waals surface area contributed by atoms with E-state index in [-0.39, 0.29) is 6.10 Å². The van der Waals surface area contributed by atoms with Gasteiger partial charge in [0.2, 0.25) is 5.91 Å². The second kappa shape index (κ2) is 5.57. The van der Waals surface area contributed by atoms with Crippen LogP contribution in [0.15, 0.2) is 0 Å². The Kier molecular flexibility index (Phi) is 3.85. The van der Waals surface area contributed by atoms with Crippen molar-refractivity contribution in [3.63, 3.8) is 0 Å². The minimum atomic E-state index is 0.196. The number of ether oxygens (including phenoxy) is 1. The van der Waals surface area contributed by atoms with E-state index in [1.807, 2.05) is 0 Å². The molecule has 4 heteroatoms. The van der Waals surface area contributed by atoms with Gasteiger partial charge in [-0.1, -0.05) is 0 Å². The Hall–Kier alpha value is -0.610. The molecule has 1 N–H and O–H groups in total. The van der Waals surface area contributed by atoms with Crippen LogP contribution in [-0.2, 0) is 9.53 Å². The van der Waals surface area contributed by atoms with Crippen molar-refractivity contribution in [1.82, 2.24) is 10.2 Å². The molecule has 3 rings (SSSR count). The molecule has 0 bridgehead atoms. The molecular formula is C14H24N2O2. The van der Waals surface area contributed by atoms with E-state index in [0.717, 1.165) is 57.5 Å². The van der Waals surface area contributed by atoms with E-state index in [4.69, 9.17) is 4.74 Å². The lowest BCUT2D eigenvalue weighted by Gasteiger charge is -2.22. The van der Waals surface area contributed by atoms with Crippen molar-refractivity contribution in [2.45, 2.75) is 38.2 Å². The fourth-order valence-electron chi connectivity index (χ4n) is 3.60. The maximum Gasteiger partial charge on any atom is 0.225 e. The van der Waals surface area contributed by atoms with E-state index in [1.54, 1.807) is 0 Å². The van der Waals surface area contributed by atoms with Crippen molar-refractivity contribution in [2.75, 3.05) is 32.8 Å². The average molecular weight is 252 g/mol. The lowest BCUT2D eigenvalue weighted by Crippen LogP contribution is -2.34. The molecule has 1 amide bonds. The van der Waals surface area contributed by atoms with Crippen LogP contribution in [0.25, 0.3) is 0 Å². The number of carbonyl (C=O) groups is 1. The van der Waals surface area contributed by atoms with Crippen molar-refractivity contribution >= 4 is 5.91 Å². The van der Waals surface area contributed by atoms with Gasteiger partial charge in [-0.15, -0.1) is 0 Å². The van der Waals surface area contributed by atoms with E-state index in [2.05, 4.69) is 10.2 Å². The molecular weight excluding hydrogens is 228 g/mol. The van der Waals surface area contributed by atoms with Gasteiger partial charge in [0.25, 0.3) is 0 Å². The predicted octanol–water partition coefficient (Wildman–Crippen LogP) is 1.01. The van der Waals surface area contributed by atoms with E-state index >= 15 is 0 Å². The van der Waals surface area contributed by atoms with Gasteiger partial charge in [-0.05, 0) is 50.6 Å². The minimum absolute atomic E-state index is 0.196. The maximum atomic E-state index is 12.3. The summed E-state index contributed by atoms with van der Waals surface area (Å²) in [7, 11) is 0. The van der Waals surface area contributed by atoms with Gasteiger partial charge < -0.3 is 15.0 Å². The molecule has 0 aromatic carbocycles. The summed E-state index contributed by atoms with van der Waals surface area (Å²) in [5.74, 6) is 1.91. The summed E-state index contributed by atoms with van der Waals surface area (Å²) >= 11 is 0. The van der Waals surface area contributed by atoms with Crippen molar-refractivity contribution < 1.29 is 9.53 Å². The summed E-state index contributed by atoms with van der Waals surface area (Å²) in [6, 6.07) is 0. The number of likely N-dealkylation sites (tertiary alicyclic amines) is 1. The highest BCUT2D eigenvalue weighted by Crippen LogP contribution is 2.27. The maximum absolute atomic E-state index is 12.3. The van der Waals surface area contributed by atoms with E-state index < -0.39 is 0 Å². The third kappa shape index (κ3) is 2.69. The van der Waals surface area contributed by atoms with Crippen LogP contribution in [0.2, 0.25) is 0 Å². The van der Waals surface area contributed by atoms with Crippen LogP contribution in [0.4, 0.5) is 0 Å². The van der Waals surface area contributed by atoms with E-state index in [0.29, 0.717) is 12.3 Å². The van der Waals surface area contributed by atoms with Crippen molar-refractivity contribution in [3.8, 4) is 0 Å². The molecule has 0 aromatic rings. The molecule has 3 fully saturated rings. The van der Waals surface area contributed by atoms with Crippen LogP contribution in [0.3, 0.4) is 0 Å². The van der Waals surface area contributed by atoms with Crippen LogP contribution in [0.5, 0.6) is 0 Å². The molecule has 18 heavy (non-hydrogen) atoms. The zero-order valence-electron chi connectivity index (χ0n) is 11.1. The van der Waals surface area contributed by atoms with Crippen molar-refractivity contribution in [2.24, 2.45) is 11.8 Å². The molecule has 0 radical (unpaired) electrons. The molecule has 0 aromatic heterocycles. The number of nitrogens with one attached hydrogen (secondary N) is 1. The number of carbonyl (C=O) groups excluding carboxylic acids is 1. The van der Waals surface area contributed by atoms with Crippen LogP contribution < -0.4 is 5.32 Å². The Balaban J connectivity index is 1.51. The van der Waals surface area contributed by atoms with Crippen LogP contribution in [-0.4, -0.2) is 49.7 Å². The summed E-state index contributed by atoms with van der Waals surface area (Å²) in [6.45, 7) is 5.05. The molecule has 3 aliphatic rings. The standard InChI is InChI=1S/C14H24N2O2/c17-14(8-13-2-1-7-18-13)16-5-3-11-9-15-10-12(11)4-6-16/h11-13,15H,1-10H2/t11-,12+,13?. The predicted molar refractivity (Wildman–Crippen MR) is 69.3 cm³/mol. The second-order valence-electron chi connectivity index (χ2n) is 5.98. The molecule has 3 saturated heterocycles. The van der Waals surface area contributed by atoms with Gasteiger partial charge in [-0.2, -0.15) is 0 Å². The third-order valence-corrected chi connectivity index (χ3v) is 4.80. The lowest BCUT2D eigenvalue weighted by molar-refractivity contribution is -0.133. The monoisotopic (exact) mass is 252 g/mol. The summed E-state index contributed by atoms with van der Waals surface area (Å²) in [6.07, 6.45) is 5.34. The molecule has 1 unspecified atom stereocenters. The summed E-state index contributed by atoms with van der Waals surface area (Å²) in [5, 5.41) is 3.47. The molecule has 3 aliphatic heterocycles. The topological polar surface area (TPSA) is 41.6 Å². The van der Waals surface area contributed by atoms with Gasteiger partial charge in [-0.3, -0.25) is 4.79 Å². The van der Waals surface area contributed by atoms with Crippen LogP contribution >= 0.6 is 0 Å². The summed E-state index contributed by atoms with van der Waals surface area (Å²) in [4.78, 5) is 14.3. The van der Waals surface area contributed by atoms with E-state index in [9.17, 15) is 4.79 Å². The Bertz CT molecular complexity index is 288. The lowest BCUT2D eigenvalue weighted by atomic mass is 9.92.